The van der Waals surface area contributed by atoms with Crippen molar-refractivity contribution in [1.29, 1.82) is 0 Å². The van der Waals surface area contributed by atoms with Gasteiger partial charge in [0, 0.05) is 24.2 Å². The summed E-state index contributed by atoms with van der Waals surface area (Å²) < 4.78 is 5.43. The van der Waals surface area contributed by atoms with Crippen molar-refractivity contribution < 1.29 is 14.3 Å². The highest BCUT2D eigenvalue weighted by Gasteiger charge is 2.31. The van der Waals surface area contributed by atoms with Crippen LogP contribution in [0.25, 0.3) is 0 Å². The van der Waals surface area contributed by atoms with Gasteiger partial charge in [0.1, 0.15) is 11.6 Å². The highest BCUT2D eigenvalue weighted by atomic mass is 16.6. The molecule has 108 valence electrons. The molecule has 1 aromatic carbocycles. The minimum absolute atomic E-state index is 0.133. The average molecular weight is 275 g/mol. The summed E-state index contributed by atoms with van der Waals surface area (Å²) in [5.74, 6) is -0.130. The molecule has 2 rings (SSSR count). The third kappa shape index (κ3) is 3.00. The van der Waals surface area contributed by atoms with Gasteiger partial charge >= 0.3 is 5.97 Å². The van der Waals surface area contributed by atoms with E-state index in [1.54, 1.807) is 0 Å². The number of esters is 1. The number of Topliss-reactive ketones (excluding diaryl/α,β-unsaturated/α-hetero) is 1. The quantitative estimate of drug-likeness (QED) is 0.779. The molecule has 0 spiro atoms. The summed E-state index contributed by atoms with van der Waals surface area (Å²) in [5, 5.41) is 0. The summed E-state index contributed by atoms with van der Waals surface area (Å²) in [4.78, 5) is 26.1. The molecule has 1 unspecified atom stereocenters. The molecule has 0 radical (unpaired) electrons. The Bertz CT molecular complexity index is 531. The summed E-state index contributed by atoms with van der Waals surface area (Å²) in [6.07, 6.45) is 0.435. The van der Waals surface area contributed by atoms with E-state index in [0.717, 1.165) is 5.69 Å². The van der Waals surface area contributed by atoms with Crippen LogP contribution in [0.5, 0.6) is 0 Å². The molecule has 4 nitrogen and oxygen atoms in total. The van der Waals surface area contributed by atoms with Crippen LogP contribution in [-0.2, 0) is 9.53 Å². The number of carbonyl (C=O) groups is 2. The lowest BCUT2D eigenvalue weighted by molar-refractivity contribution is -0.156. The Kier molecular flexibility index (Phi) is 3.84. The van der Waals surface area contributed by atoms with E-state index in [1.165, 1.54) is 0 Å². The van der Waals surface area contributed by atoms with E-state index in [4.69, 9.17) is 4.74 Å². The van der Waals surface area contributed by atoms with Crippen LogP contribution in [0.1, 0.15) is 44.5 Å². The maximum Gasteiger partial charge on any atom is 0.328 e. The Labute approximate surface area is 119 Å². The van der Waals surface area contributed by atoms with Crippen LogP contribution in [0.15, 0.2) is 24.3 Å². The number of fused-ring (bicyclic) bond motifs is 1. The summed E-state index contributed by atoms with van der Waals surface area (Å²) in [6, 6.07) is 7.02. The Hall–Kier alpha value is -1.84. The smallest absolute Gasteiger partial charge is 0.328 e. The predicted molar refractivity (Wildman–Crippen MR) is 78.0 cm³/mol. The third-order valence-corrected chi connectivity index (χ3v) is 3.31. The van der Waals surface area contributed by atoms with Gasteiger partial charge in [0.25, 0.3) is 0 Å². The highest BCUT2D eigenvalue weighted by molar-refractivity contribution is 6.04. The minimum atomic E-state index is -0.504. The zero-order valence-corrected chi connectivity index (χ0v) is 12.5. The Morgan fingerprint density at radius 1 is 1.30 bits per heavy atom. The normalized spacial score (nSPS) is 16.6. The second kappa shape index (κ2) is 5.27. The standard InChI is InChI=1S/C16H21NO3/c1-11(15(19)20-16(2,3)4)17-10-9-14(18)12-7-5-6-8-13(12)17/h5-8,11H,9-10H2,1-4H3. The van der Waals surface area contributed by atoms with Crippen LogP contribution in [-0.4, -0.2) is 29.9 Å². The summed E-state index contributed by atoms with van der Waals surface area (Å²) >= 11 is 0. The lowest BCUT2D eigenvalue weighted by atomic mass is 9.99. The van der Waals surface area contributed by atoms with Crippen molar-refractivity contribution in [2.24, 2.45) is 0 Å². The topological polar surface area (TPSA) is 46.6 Å². The Morgan fingerprint density at radius 3 is 2.60 bits per heavy atom. The first-order valence-electron chi connectivity index (χ1n) is 6.91. The van der Waals surface area contributed by atoms with E-state index in [0.29, 0.717) is 18.5 Å². The maximum atomic E-state index is 12.2. The number of benzene rings is 1. The number of ketones is 1. The number of ether oxygens (including phenoxy) is 1. The fourth-order valence-corrected chi connectivity index (χ4v) is 2.35. The minimum Gasteiger partial charge on any atom is -0.458 e. The molecule has 1 aliphatic rings. The van der Waals surface area contributed by atoms with E-state index in [1.807, 2.05) is 56.9 Å². The Morgan fingerprint density at radius 2 is 1.95 bits per heavy atom. The summed E-state index contributed by atoms with van der Waals surface area (Å²) in [5.41, 5.74) is 1.01. The molecular weight excluding hydrogens is 254 g/mol. The van der Waals surface area contributed by atoms with Gasteiger partial charge in [-0.15, -0.1) is 0 Å². The Balaban J connectivity index is 2.24. The number of para-hydroxylation sites is 1. The fraction of sp³-hybridized carbons (Fsp3) is 0.500. The molecule has 0 N–H and O–H groups in total. The van der Waals surface area contributed by atoms with Gasteiger partial charge in [-0.25, -0.2) is 4.79 Å². The van der Waals surface area contributed by atoms with E-state index in [-0.39, 0.29) is 11.8 Å². The van der Waals surface area contributed by atoms with Gasteiger partial charge in [-0.1, -0.05) is 12.1 Å². The van der Waals surface area contributed by atoms with Gasteiger partial charge in [0.05, 0.1) is 0 Å². The first-order valence-corrected chi connectivity index (χ1v) is 6.91. The number of hydrogen-bond donors (Lipinski definition) is 0. The third-order valence-electron chi connectivity index (χ3n) is 3.31. The van der Waals surface area contributed by atoms with Crippen molar-refractivity contribution in [2.75, 3.05) is 11.4 Å². The van der Waals surface area contributed by atoms with Gasteiger partial charge < -0.3 is 9.64 Å². The van der Waals surface area contributed by atoms with Crippen LogP contribution in [0.3, 0.4) is 0 Å². The molecule has 1 aromatic rings. The molecule has 0 fully saturated rings. The zero-order chi connectivity index (χ0) is 14.9. The zero-order valence-electron chi connectivity index (χ0n) is 12.5. The van der Waals surface area contributed by atoms with Crippen molar-refractivity contribution >= 4 is 17.4 Å². The van der Waals surface area contributed by atoms with Gasteiger partial charge in [0.2, 0.25) is 0 Å². The molecule has 0 aliphatic carbocycles. The van der Waals surface area contributed by atoms with Gasteiger partial charge in [-0.3, -0.25) is 4.79 Å². The van der Waals surface area contributed by atoms with E-state index in [9.17, 15) is 9.59 Å². The SMILES string of the molecule is CC(C(=O)OC(C)(C)C)N1CCC(=O)c2ccccc21. The van der Waals surface area contributed by atoms with Gasteiger partial charge in [-0.2, -0.15) is 0 Å². The van der Waals surface area contributed by atoms with Crippen molar-refractivity contribution in [2.45, 2.75) is 45.8 Å². The molecule has 1 heterocycles. The van der Waals surface area contributed by atoms with E-state index < -0.39 is 11.6 Å². The molecule has 1 atom stereocenters. The van der Waals surface area contributed by atoms with Crippen LogP contribution in [0.4, 0.5) is 5.69 Å². The summed E-state index contributed by atoms with van der Waals surface area (Å²) in [6.45, 7) is 7.93. The molecule has 0 bridgehead atoms. The number of hydrogen-bond acceptors (Lipinski definition) is 4. The van der Waals surface area contributed by atoms with Crippen molar-refractivity contribution in [1.82, 2.24) is 0 Å². The van der Waals surface area contributed by atoms with E-state index in [2.05, 4.69) is 0 Å². The number of nitrogens with zero attached hydrogens (tertiary/aromatic N) is 1. The second-order valence-corrected chi connectivity index (χ2v) is 6.09. The van der Waals surface area contributed by atoms with Crippen molar-refractivity contribution in [3.05, 3.63) is 29.8 Å². The molecule has 0 aromatic heterocycles. The number of carbonyl (C=O) groups excluding carboxylic acids is 2. The molecule has 20 heavy (non-hydrogen) atoms. The molecule has 4 heteroatoms. The number of anilines is 1. The number of rotatable bonds is 2. The monoisotopic (exact) mass is 275 g/mol. The van der Waals surface area contributed by atoms with E-state index >= 15 is 0 Å². The molecular formula is C16H21NO3. The molecule has 1 aliphatic heterocycles. The van der Waals surface area contributed by atoms with Crippen LogP contribution >= 0.6 is 0 Å². The first kappa shape index (κ1) is 14.6. The first-order chi connectivity index (χ1) is 9.29. The summed E-state index contributed by atoms with van der Waals surface area (Å²) in [7, 11) is 0. The van der Waals surface area contributed by atoms with Gasteiger partial charge in [-0.05, 0) is 39.8 Å². The van der Waals surface area contributed by atoms with Gasteiger partial charge in [0.15, 0.2) is 5.78 Å². The van der Waals surface area contributed by atoms with Crippen LogP contribution in [0.2, 0.25) is 0 Å². The second-order valence-electron chi connectivity index (χ2n) is 6.09. The lowest BCUT2D eigenvalue weighted by Gasteiger charge is -2.35. The van der Waals surface area contributed by atoms with Crippen LogP contribution < -0.4 is 4.90 Å². The average Bonchev–Trinajstić information content (AvgIpc) is 2.37. The van der Waals surface area contributed by atoms with Crippen LogP contribution in [0, 0.1) is 0 Å². The lowest BCUT2D eigenvalue weighted by Crippen LogP contribution is -2.45. The van der Waals surface area contributed by atoms with Crippen molar-refractivity contribution in [3.8, 4) is 0 Å². The predicted octanol–water partition coefficient (Wildman–Crippen LogP) is 2.81. The molecule has 0 saturated heterocycles. The fourth-order valence-electron chi connectivity index (χ4n) is 2.35. The van der Waals surface area contributed by atoms with Crippen molar-refractivity contribution in [3.63, 3.8) is 0 Å². The largest absolute Gasteiger partial charge is 0.458 e. The molecule has 0 saturated carbocycles. The molecule has 0 amide bonds. The maximum absolute atomic E-state index is 12.2. The highest BCUT2D eigenvalue weighted by Crippen LogP contribution is 2.29.